The molecule has 3 aromatic rings. The molecule has 0 saturated heterocycles. The molecular weight excluding hydrogens is 434 g/mol. The molecule has 5 nitrogen and oxygen atoms in total. The minimum Gasteiger partial charge on any atom is -0.487 e. The summed E-state index contributed by atoms with van der Waals surface area (Å²) in [6, 6.07) is 7.17. The Morgan fingerprint density at radius 3 is 2.63 bits per heavy atom. The van der Waals surface area contributed by atoms with E-state index in [0.717, 1.165) is 0 Å². The zero-order valence-electron chi connectivity index (χ0n) is 16.4. The molecule has 0 unspecified atom stereocenters. The fourth-order valence-corrected chi connectivity index (χ4v) is 3.48. The van der Waals surface area contributed by atoms with Crippen LogP contribution in [0.4, 0.5) is 4.39 Å². The second kappa shape index (κ2) is 9.49. The van der Waals surface area contributed by atoms with Crippen LogP contribution in [0.25, 0.3) is 11.0 Å². The average molecular weight is 453 g/mol. The zero-order chi connectivity index (χ0) is 21.8. The van der Waals surface area contributed by atoms with Crippen molar-refractivity contribution in [2.45, 2.75) is 33.3 Å². The minimum atomic E-state index is -0.529. The Morgan fingerprint density at radius 1 is 1.17 bits per heavy atom. The third-order valence-electron chi connectivity index (χ3n) is 4.62. The third kappa shape index (κ3) is 4.94. The van der Waals surface area contributed by atoms with Crippen LogP contribution in [0, 0.1) is 12.7 Å². The van der Waals surface area contributed by atoms with Gasteiger partial charge >= 0.3 is 11.6 Å². The second-order valence-corrected chi connectivity index (χ2v) is 7.42. The van der Waals surface area contributed by atoms with Gasteiger partial charge in [-0.1, -0.05) is 29.3 Å². The Labute approximate surface area is 182 Å². The van der Waals surface area contributed by atoms with Crippen LogP contribution < -0.4 is 10.4 Å². The maximum absolute atomic E-state index is 13.2. The minimum absolute atomic E-state index is 0.0607. The van der Waals surface area contributed by atoms with E-state index in [9.17, 15) is 14.0 Å². The van der Waals surface area contributed by atoms with E-state index >= 15 is 0 Å². The smallest absolute Gasteiger partial charge is 0.339 e. The first kappa shape index (κ1) is 22.1. The van der Waals surface area contributed by atoms with Crippen molar-refractivity contribution in [2.75, 3.05) is 6.61 Å². The number of benzene rings is 2. The van der Waals surface area contributed by atoms with Crippen molar-refractivity contribution in [1.29, 1.82) is 0 Å². The van der Waals surface area contributed by atoms with Crippen LogP contribution >= 0.6 is 23.2 Å². The first-order chi connectivity index (χ1) is 14.3. The maximum Gasteiger partial charge on any atom is 0.339 e. The summed E-state index contributed by atoms with van der Waals surface area (Å²) in [5.41, 5.74) is 1.45. The standard InChI is InChI=1S/C22H19Cl2FO5/c1-3-28-21(26)7-6-15-12(2)16-9-18(24)20(10-19(16)30-22(15)27)29-11-13-4-5-14(25)8-17(13)23/h4-5,8-10H,3,6-7,11H2,1-2H3. The van der Waals surface area contributed by atoms with Crippen LogP contribution in [0.2, 0.25) is 10.0 Å². The summed E-state index contributed by atoms with van der Waals surface area (Å²) in [6.07, 6.45) is 0.292. The van der Waals surface area contributed by atoms with E-state index in [-0.39, 0.29) is 37.0 Å². The number of esters is 1. The number of carbonyl (C=O) groups excluding carboxylic acids is 1. The molecule has 0 N–H and O–H groups in total. The Balaban J connectivity index is 1.87. The number of fused-ring (bicyclic) bond motifs is 1. The summed E-state index contributed by atoms with van der Waals surface area (Å²) in [7, 11) is 0. The van der Waals surface area contributed by atoms with Gasteiger partial charge in [0.1, 0.15) is 23.8 Å². The molecule has 0 fully saturated rings. The maximum atomic E-state index is 13.2. The van der Waals surface area contributed by atoms with Crippen molar-refractivity contribution in [3.05, 3.63) is 73.3 Å². The molecule has 1 heterocycles. The second-order valence-electron chi connectivity index (χ2n) is 6.60. The molecule has 0 saturated carbocycles. The molecule has 2 aromatic carbocycles. The van der Waals surface area contributed by atoms with Crippen molar-refractivity contribution < 1.29 is 23.1 Å². The van der Waals surface area contributed by atoms with Crippen molar-refractivity contribution in [3.63, 3.8) is 0 Å². The van der Waals surface area contributed by atoms with E-state index < -0.39 is 11.4 Å². The van der Waals surface area contributed by atoms with Gasteiger partial charge in [0.05, 0.1) is 16.7 Å². The summed E-state index contributed by atoms with van der Waals surface area (Å²) in [4.78, 5) is 24.0. The first-order valence-electron chi connectivity index (χ1n) is 9.28. The zero-order valence-corrected chi connectivity index (χ0v) is 17.9. The van der Waals surface area contributed by atoms with E-state index in [4.69, 9.17) is 37.1 Å². The number of hydrogen-bond acceptors (Lipinski definition) is 5. The molecule has 0 amide bonds. The predicted octanol–water partition coefficient (Wildman–Crippen LogP) is 5.62. The van der Waals surface area contributed by atoms with Gasteiger partial charge in [-0.15, -0.1) is 0 Å². The van der Waals surface area contributed by atoms with Crippen LogP contribution in [-0.4, -0.2) is 12.6 Å². The molecule has 8 heteroatoms. The third-order valence-corrected chi connectivity index (χ3v) is 5.27. The van der Waals surface area contributed by atoms with Gasteiger partial charge in [-0.25, -0.2) is 9.18 Å². The van der Waals surface area contributed by atoms with Crippen LogP contribution in [0.5, 0.6) is 5.75 Å². The highest BCUT2D eigenvalue weighted by molar-refractivity contribution is 6.33. The summed E-state index contributed by atoms with van der Waals surface area (Å²) >= 11 is 12.4. The number of halogens is 3. The van der Waals surface area contributed by atoms with E-state index in [1.165, 1.54) is 24.3 Å². The van der Waals surface area contributed by atoms with Crippen LogP contribution in [0.15, 0.2) is 39.5 Å². The van der Waals surface area contributed by atoms with E-state index in [2.05, 4.69) is 0 Å². The molecule has 3 rings (SSSR count). The summed E-state index contributed by atoms with van der Waals surface area (Å²) in [5.74, 6) is -0.521. The van der Waals surface area contributed by atoms with Crippen LogP contribution in [0.1, 0.15) is 30.0 Å². The summed E-state index contributed by atoms with van der Waals surface area (Å²) in [6.45, 7) is 3.84. The highest BCUT2D eigenvalue weighted by Gasteiger charge is 2.16. The lowest BCUT2D eigenvalue weighted by Crippen LogP contribution is -2.13. The highest BCUT2D eigenvalue weighted by atomic mass is 35.5. The molecular formula is C22H19Cl2FO5. The largest absolute Gasteiger partial charge is 0.487 e. The molecule has 0 aliphatic rings. The van der Waals surface area contributed by atoms with E-state index in [1.54, 1.807) is 19.9 Å². The lowest BCUT2D eigenvalue weighted by atomic mass is 10.0. The quantitative estimate of drug-likeness (QED) is 0.343. The molecule has 0 radical (unpaired) electrons. The number of carbonyl (C=O) groups is 1. The monoisotopic (exact) mass is 452 g/mol. The summed E-state index contributed by atoms with van der Waals surface area (Å²) < 4.78 is 29.2. The fourth-order valence-electron chi connectivity index (χ4n) is 3.04. The Hall–Kier alpha value is -2.57. The van der Waals surface area contributed by atoms with Gasteiger partial charge in [0.25, 0.3) is 0 Å². The lowest BCUT2D eigenvalue weighted by molar-refractivity contribution is -0.143. The normalized spacial score (nSPS) is 11.0. The van der Waals surface area contributed by atoms with Gasteiger partial charge in [0, 0.05) is 29.0 Å². The molecule has 158 valence electrons. The molecule has 0 aliphatic heterocycles. The molecule has 1 aromatic heterocycles. The van der Waals surface area contributed by atoms with Crippen molar-refractivity contribution in [3.8, 4) is 5.75 Å². The fraction of sp³-hybridized carbons (Fsp3) is 0.273. The molecule has 0 atom stereocenters. The van der Waals surface area contributed by atoms with Crippen LogP contribution in [0.3, 0.4) is 0 Å². The molecule has 0 spiro atoms. The highest BCUT2D eigenvalue weighted by Crippen LogP contribution is 2.33. The molecule has 0 bridgehead atoms. The first-order valence-corrected chi connectivity index (χ1v) is 10.0. The van der Waals surface area contributed by atoms with Gasteiger partial charge in [-0.3, -0.25) is 4.79 Å². The van der Waals surface area contributed by atoms with Gasteiger partial charge in [0.2, 0.25) is 0 Å². The average Bonchev–Trinajstić information content (AvgIpc) is 2.68. The van der Waals surface area contributed by atoms with E-state index in [1.807, 2.05) is 0 Å². The number of hydrogen-bond donors (Lipinski definition) is 0. The van der Waals surface area contributed by atoms with E-state index in [0.29, 0.717) is 38.4 Å². The van der Waals surface area contributed by atoms with Gasteiger partial charge in [0.15, 0.2) is 0 Å². The van der Waals surface area contributed by atoms with Gasteiger partial charge < -0.3 is 13.9 Å². The molecule has 0 aliphatic carbocycles. The van der Waals surface area contributed by atoms with Gasteiger partial charge in [-0.05, 0) is 44.0 Å². The Morgan fingerprint density at radius 2 is 1.93 bits per heavy atom. The lowest BCUT2D eigenvalue weighted by Gasteiger charge is -2.12. The predicted molar refractivity (Wildman–Crippen MR) is 113 cm³/mol. The number of rotatable bonds is 7. The number of ether oxygens (including phenoxy) is 2. The van der Waals surface area contributed by atoms with Crippen molar-refractivity contribution >= 4 is 40.1 Å². The summed E-state index contributed by atoms with van der Waals surface area (Å²) in [5, 5.41) is 1.19. The Bertz CT molecular complexity index is 1160. The van der Waals surface area contributed by atoms with Gasteiger partial charge in [-0.2, -0.15) is 0 Å². The van der Waals surface area contributed by atoms with Crippen LogP contribution in [-0.2, 0) is 22.6 Å². The SMILES string of the molecule is CCOC(=O)CCc1c(C)c2cc(Cl)c(OCc3ccc(F)cc3Cl)cc2oc1=O. The topological polar surface area (TPSA) is 65.7 Å². The van der Waals surface area contributed by atoms with Crippen molar-refractivity contribution in [1.82, 2.24) is 0 Å². The van der Waals surface area contributed by atoms with Crippen molar-refractivity contribution in [2.24, 2.45) is 0 Å². The molecule has 30 heavy (non-hydrogen) atoms. The Kier molecular flexibility index (Phi) is 7.00. The number of aryl methyl sites for hydroxylation is 1.